The van der Waals surface area contributed by atoms with Crippen molar-refractivity contribution in [2.75, 3.05) is 10.8 Å². The molecular formula is C9H7ClFNOS. The Bertz CT molecular complexity index is 374. The van der Waals surface area contributed by atoms with Gasteiger partial charge in [0, 0.05) is 5.69 Å². The van der Waals surface area contributed by atoms with Gasteiger partial charge in [0.1, 0.15) is 5.82 Å². The Morgan fingerprint density at radius 3 is 2.93 bits per heavy atom. The van der Waals surface area contributed by atoms with Gasteiger partial charge in [0.05, 0.1) is 5.88 Å². The second-order valence-corrected chi connectivity index (χ2v) is 4.62. The number of alkyl halides is 1. The summed E-state index contributed by atoms with van der Waals surface area (Å²) >= 11 is 7.06. The van der Waals surface area contributed by atoms with E-state index in [-0.39, 0.29) is 11.7 Å². The van der Waals surface area contributed by atoms with Crippen molar-refractivity contribution in [3.8, 4) is 0 Å². The predicted octanol–water partition coefficient (Wildman–Crippen LogP) is 2.43. The van der Waals surface area contributed by atoms with Crippen molar-refractivity contribution in [2.24, 2.45) is 0 Å². The smallest absolute Gasteiger partial charge is 0.256 e. The molecule has 0 N–H and O–H groups in total. The highest BCUT2D eigenvalue weighted by Crippen LogP contribution is 2.31. The van der Waals surface area contributed by atoms with Crippen LogP contribution in [0.25, 0.3) is 0 Å². The quantitative estimate of drug-likeness (QED) is 0.692. The third-order valence-electron chi connectivity index (χ3n) is 1.93. The number of carbonyl (C=O) groups excluding carboxylic acids is 1. The zero-order valence-corrected chi connectivity index (χ0v) is 8.69. The molecule has 1 amide bonds. The fraction of sp³-hybridized carbons (Fsp3) is 0.222. The van der Waals surface area contributed by atoms with Gasteiger partial charge in [0.2, 0.25) is 0 Å². The number of halogens is 2. The Hall–Kier alpha value is -0.740. The van der Waals surface area contributed by atoms with E-state index in [4.69, 9.17) is 11.6 Å². The summed E-state index contributed by atoms with van der Waals surface area (Å²) in [5.74, 6) is -0.0446. The van der Waals surface area contributed by atoms with Crippen LogP contribution in [0.15, 0.2) is 24.3 Å². The third kappa shape index (κ3) is 1.72. The molecule has 0 aromatic heterocycles. The minimum Gasteiger partial charge on any atom is -0.300 e. The fourth-order valence-electron chi connectivity index (χ4n) is 1.24. The minimum atomic E-state index is -0.543. The number of hydrogen-bond acceptors (Lipinski definition) is 2. The number of rotatable bonds is 1. The molecule has 14 heavy (non-hydrogen) atoms. The zero-order chi connectivity index (χ0) is 10.1. The number of hydrogen-bond donors (Lipinski definition) is 0. The molecule has 1 saturated heterocycles. The minimum absolute atomic E-state index is 0.178. The van der Waals surface area contributed by atoms with Gasteiger partial charge < -0.3 is 4.90 Å². The molecule has 2 nitrogen and oxygen atoms in total. The molecule has 1 aliphatic heterocycles. The first kappa shape index (κ1) is 9.80. The molecular weight excluding hydrogens is 225 g/mol. The van der Waals surface area contributed by atoms with E-state index in [1.54, 1.807) is 12.1 Å². The molecule has 1 aromatic rings. The molecule has 0 radical (unpaired) electrons. The lowest BCUT2D eigenvalue weighted by Gasteiger charge is -2.14. The Balaban J connectivity index is 2.28. The van der Waals surface area contributed by atoms with Crippen molar-refractivity contribution in [2.45, 2.75) is 4.71 Å². The van der Waals surface area contributed by atoms with E-state index in [1.165, 1.54) is 28.8 Å². The largest absolute Gasteiger partial charge is 0.300 e. The highest BCUT2D eigenvalue weighted by molar-refractivity contribution is 8.02. The average molecular weight is 232 g/mol. The lowest BCUT2D eigenvalue weighted by atomic mass is 10.3. The topological polar surface area (TPSA) is 20.3 Å². The van der Waals surface area contributed by atoms with Crippen LogP contribution in [0.2, 0.25) is 0 Å². The van der Waals surface area contributed by atoms with Crippen molar-refractivity contribution in [3.63, 3.8) is 0 Å². The number of amides is 1. The Morgan fingerprint density at radius 1 is 1.57 bits per heavy atom. The SMILES string of the molecule is O=C1C(Cl)SCN1c1cccc(F)c1. The summed E-state index contributed by atoms with van der Waals surface area (Å²) in [5.41, 5.74) is 0.561. The van der Waals surface area contributed by atoms with Crippen molar-refractivity contribution in [1.29, 1.82) is 0 Å². The van der Waals surface area contributed by atoms with Crippen LogP contribution in [0.4, 0.5) is 10.1 Å². The van der Waals surface area contributed by atoms with Crippen molar-refractivity contribution < 1.29 is 9.18 Å². The van der Waals surface area contributed by atoms with Gasteiger partial charge in [0.25, 0.3) is 5.91 Å². The molecule has 1 unspecified atom stereocenters. The van der Waals surface area contributed by atoms with Gasteiger partial charge in [-0.1, -0.05) is 6.07 Å². The van der Waals surface area contributed by atoms with E-state index in [1.807, 2.05) is 0 Å². The first-order chi connectivity index (χ1) is 6.68. The molecule has 0 saturated carbocycles. The summed E-state index contributed by atoms with van der Waals surface area (Å²) in [6, 6.07) is 5.93. The van der Waals surface area contributed by atoms with Crippen molar-refractivity contribution >= 4 is 35.0 Å². The number of carbonyl (C=O) groups is 1. The maximum atomic E-state index is 12.9. The van der Waals surface area contributed by atoms with E-state index in [9.17, 15) is 9.18 Å². The van der Waals surface area contributed by atoms with Crippen molar-refractivity contribution in [3.05, 3.63) is 30.1 Å². The lowest BCUT2D eigenvalue weighted by Crippen LogP contribution is -2.27. The van der Waals surface area contributed by atoms with Crippen LogP contribution < -0.4 is 4.90 Å². The van der Waals surface area contributed by atoms with Crippen LogP contribution in [0.1, 0.15) is 0 Å². The molecule has 74 valence electrons. The van der Waals surface area contributed by atoms with Crippen molar-refractivity contribution in [1.82, 2.24) is 0 Å². The van der Waals surface area contributed by atoms with Gasteiger partial charge >= 0.3 is 0 Å². The highest BCUT2D eigenvalue weighted by Gasteiger charge is 2.31. The maximum absolute atomic E-state index is 12.9. The molecule has 5 heteroatoms. The van der Waals surface area contributed by atoms with Crippen LogP contribution in [0.3, 0.4) is 0 Å². The summed E-state index contributed by atoms with van der Waals surface area (Å²) in [6.45, 7) is 0. The summed E-state index contributed by atoms with van der Waals surface area (Å²) in [7, 11) is 0. The number of thioether (sulfide) groups is 1. The van der Waals surface area contributed by atoms with Gasteiger partial charge in [-0.3, -0.25) is 4.79 Å². The molecule has 1 aliphatic rings. The van der Waals surface area contributed by atoms with E-state index >= 15 is 0 Å². The summed E-state index contributed by atoms with van der Waals surface area (Å²) < 4.78 is 12.3. The second-order valence-electron chi connectivity index (χ2n) is 2.86. The Labute approximate surface area is 90.0 Å². The standard InChI is InChI=1S/C9H7ClFNOS/c10-8-9(13)12(5-14-8)7-3-1-2-6(11)4-7/h1-4,8H,5H2. The molecule has 1 atom stereocenters. The van der Waals surface area contributed by atoms with Crippen LogP contribution in [-0.2, 0) is 4.79 Å². The first-order valence-electron chi connectivity index (χ1n) is 4.01. The number of anilines is 1. The van der Waals surface area contributed by atoms with E-state index < -0.39 is 4.71 Å². The second kappa shape index (κ2) is 3.79. The molecule has 1 aromatic carbocycles. The van der Waals surface area contributed by atoms with Gasteiger partial charge in [-0.15, -0.1) is 23.4 Å². The molecule has 1 fully saturated rings. The molecule has 0 bridgehead atoms. The molecule has 1 heterocycles. The third-order valence-corrected chi connectivity index (χ3v) is 3.40. The van der Waals surface area contributed by atoms with Crippen LogP contribution in [0.5, 0.6) is 0 Å². The van der Waals surface area contributed by atoms with Crippen LogP contribution in [0, 0.1) is 5.82 Å². The van der Waals surface area contributed by atoms with E-state index in [0.717, 1.165) is 0 Å². The highest BCUT2D eigenvalue weighted by atomic mass is 35.5. The van der Waals surface area contributed by atoms with Crippen LogP contribution >= 0.6 is 23.4 Å². The number of benzene rings is 1. The molecule has 0 spiro atoms. The van der Waals surface area contributed by atoms with Gasteiger partial charge in [-0.2, -0.15) is 0 Å². The summed E-state index contributed by atoms with van der Waals surface area (Å²) in [5, 5.41) is 0. The maximum Gasteiger partial charge on any atom is 0.256 e. The van der Waals surface area contributed by atoms with Gasteiger partial charge in [-0.05, 0) is 18.2 Å². The normalized spacial score (nSPS) is 21.7. The van der Waals surface area contributed by atoms with E-state index in [0.29, 0.717) is 11.6 Å². The average Bonchev–Trinajstić information content (AvgIpc) is 2.48. The monoisotopic (exact) mass is 231 g/mol. The Kier molecular flexibility index (Phi) is 2.65. The summed E-state index contributed by atoms with van der Waals surface area (Å²) in [6.07, 6.45) is 0. The van der Waals surface area contributed by atoms with E-state index in [2.05, 4.69) is 0 Å². The molecule has 0 aliphatic carbocycles. The molecule has 2 rings (SSSR count). The fourth-order valence-corrected chi connectivity index (χ4v) is 2.36. The van der Waals surface area contributed by atoms with Gasteiger partial charge in [0.15, 0.2) is 4.71 Å². The number of nitrogens with zero attached hydrogens (tertiary/aromatic N) is 1. The lowest BCUT2D eigenvalue weighted by molar-refractivity contribution is -0.116. The zero-order valence-electron chi connectivity index (χ0n) is 7.11. The van der Waals surface area contributed by atoms with Crippen LogP contribution in [-0.4, -0.2) is 16.5 Å². The first-order valence-corrected chi connectivity index (χ1v) is 5.49. The summed E-state index contributed by atoms with van der Waals surface area (Å²) in [4.78, 5) is 12.9. The predicted molar refractivity (Wildman–Crippen MR) is 56.0 cm³/mol. The van der Waals surface area contributed by atoms with Gasteiger partial charge in [-0.25, -0.2) is 4.39 Å². The Morgan fingerprint density at radius 2 is 2.36 bits per heavy atom.